The predicted octanol–water partition coefficient (Wildman–Crippen LogP) is 5.11. The molecule has 2 aliphatic heterocycles. The molecule has 1 N–H and O–H groups in total. The number of anilines is 1. The minimum absolute atomic E-state index is 0. The standard InChI is InChI=1S/C31H34F3N7O2.ClH/c1-5-41-16-26(30(38-41)31(32,33)34)24-10-20(13-39-7-6-36-19(39)3)11-25-28(42)21(17-43-29(24)25)12-22-8-18(2)9-27(37-22)40-14-23(15-40)35-4;/h6-11,16,21,23,35H,5,12-15,17H2,1-4H3;1H. The van der Waals surface area contributed by atoms with E-state index in [0.717, 1.165) is 36.0 Å². The van der Waals surface area contributed by atoms with Gasteiger partial charge in [-0.3, -0.25) is 9.48 Å². The van der Waals surface area contributed by atoms with E-state index >= 15 is 0 Å². The Morgan fingerprint density at radius 3 is 2.50 bits per heavy atom. The lowest BCUT2D eigenvalue weighted by molar-refractivity contribution is -0.141. The van der Waals surface area contributed by atoms with E-state index in [2.05, 4.69) is 20.3 Å². The fraction of sp³-hybridized carbons (Fsp3) is 0.419. The van der Waals surface area contributed by atoms with Gasteiger partial charge >= 0.3 is 6.18 Å². The van der Waals surface area contributed by atoms with Crippen molar-refractivity contribution in [2.24, 2.45) is 5.92 Å². The van der Waals surface area contributed by atoms with E-state index in [9.17, 15) is 18.0 Å². The molecule has 1 fully saturated rings. The van der Waals surface area contributed by atoms with Crippen LogP contribution in [0.5, 0.6) is 5.75 Å². The molecule has 13 heteroatoms. The number of nitrogens with zero attached hydrogens (tertiary/aromatic N) is 6. The Labute approximate surface area is 259 Å². The van der Waals surface area contributed by atoms with Gasteiger partial charge in [0.2, 0.25) is 0 Å². The summed E-state index contributed by atoms with van der Waals surface area (Å²) < 4.78 is 51.7. The molecule has 0 saturated carbocycles. The number of carbonyl (C=O) groups is 1. The highest BCUT2D eigenvalue weighted by atomic mass is 35.5. The first-order chi connectivity index (χ1) is 20.5. The first kappa shape index (κ1) is 31.5. The lowest BCUT2D eigenvalue weighted by atomic mass is 9.87. The number of nitrogens with one attached hydrogen (secondary N) is 1. The van der Waals surface area contributed by atoms with Crippen LogP contribution in [0.1, 0.15) is 45.6 Å². The van der Waals surface area contributed by atoms with E-state index in [0.29, 0.717) is 24.6 Å². The molecule has 1 saturated heterocycles. The summed E-state index contributed by atoms with van der Waals surface area (Å²) in [5.74, 6) is 1.07. The Morgan fingerprint density at radius 2 is 1.84 bits per heavy atom. The number of rotatable bonds is 8. The van der Waals surface area contributed by atoms with Crippen molar-refractivity contribution in [3.63, 3.8) is 0 Å². The van der Waals surface area contributed by atoms with Crippen LogP contribution in [0.3, 0.4) is 0 Å². The molecule has 0 amide bonds. The van der Waals surface area contributed by atoms with E-state index < -0.39 is 17.8 Å². The van der Waals surface area contributed by atoms with Crippen molar-refractivity contribution in [2.75, 3.05) is 31.6 Å². The summed E-state index contributed by atoms with van der Waals surface area (Å²) in [6.07, 6.45) is 0.506. The number of Topliss-reactive ketones (excluding diaryl/α,β-unsaturated/α-hetero) is 1. The number of halogens is 4. The summed E-state index contributed by atoms with van der Waals surface area (Å²) >= 11 is 0. The lowest BCUT2D eigenvalue weighted by Crippen LogP contribution is -2.57. The molecule has 6 rings (SSSR count). The molecule has 1 aromatic carbocycles. The van der Waals surface area contributed by atoms with Gasteiger partial charge in [-0.15, -0.1) is 12.4 Å². The number of benzene rings is 1. The third-order valence-corrected chi connectivity index (χ3v) is 8.21. The molecule has 2 aliphatic rings. The maximum atomic E-state index is 14.1. The van der Waals surface area contributed by atoms with E-state index in [-0.39, 0.29) is 53.8 Å². The SMILES string of the molecule is CCn1cc(-c2cc(Cn3ccnc3C)cc3c2OCC(Cc2cc(C)cc(N4CC(NC)C4)n2)C3=O)c(C(F)(F)F)n1.Cl. The number of alkyl halides is 3. The molecule has 0 radical (unpaired) electrons. The quantitative estimate of drug-likeness (QED) is 0.290. The van der Waals surface area contributed by atoms with Gasteiger partial charge in [-0.1, -0.05) is 0 Å². The van der Waals surface area contributed by atoms with Crippen LogP contribution in [-0.4, -0.2) is 62.9 Å². The predicted molar refractivity (Wildman–Crippen MR) is 163 cm³/mol. The fourth-order valence-electron chi connectivity index (χ4n) is 5.79. The zero-order valence-electron chi connectivity index (χ0n) is 25.0. The van der Waals surface area contributed by atoms with Gasteiger partial charge in [-0.05, 0) is 63.2 Å². The molecule has 0 aliphatic carbocycles. The second-order valence-electron chi connectivity index (χ2n) is 11.3. The number of ether oxygens (including phenoxy) is 1. The molecule has 0 bridgehead atoms. The average molecular weight is 630 g/mol. The number of imidazole rings is 1. The molecule has 0 spiro atoms. The maximum Gasteiger partial charge on any atom is 0.435 e. The van der Waals surface area contributed by atoms with Crippen molar-refractivity contribution < 1.29 is 22.7 Å². The first-order valence-electron chi connectivity index (χ1n) is 14.4. The summed E-state index contributed by atoms with van der Waals surface area (Å²) in [6.45, 7) is 7.94. The maximum absolute atomic E-state index is 14.1. The normalized spacial score (nSPS) is 16.8. The number of carbonyl (C=O) groups excluding carboxylic acids is 1. The van der Waals surface area contributed by atoms with E-state index in [1.54, 1.807) is 31.5 Å². The summed E-state index contributed by atoms with van der Waals surface area (Å²) in [4.78, 5) is 25.3. The minimum Gasteiger partial charge on any atom is -0.491 e. The highest BCUT2D eigenvalue weighted by molar-refractivity contribution is 6.04. The van der Waals surface area contributed by atoms with Crippen LogP contribution in [0.25, 0.3) is 11.1 Å². The number of hydrogen-bond donors (Lipinski definition) is 1. The van der Waals surface area contributed by atoms with Crippen LogP contribution in [0, 0.1) is 19.8 Å². The Balaban J connectivity index is 0.00000384. The first-order valence-corrected chi connectivity index (χ1v) is 14.4. The zero-order chi connectivity index (χ0) is 30.5. The van der Waals surface area contributed by atoms with Gasteiger partial charge in [0.25, 0.3) is 0 Å². The number of aromatic nitrogens is 5. The third-order valence-electron chi connectivity index (χ3n) is 8.21. The smallest absolute Gasteiger partial charge is 0.435 e. The van der Waals surface area contributed by atoms with Crippen LogP contribution < -0.4 is 15.0 Å². The molecule has 4 aromatic rings. The van der Waals surface area contributed by atoms with Gasteiger partial charge in [0, 0.05) is 74.1 Å². The molecular formula is C31H35ClF3N7O2. The fourth-order valence-corrected chi connectivity index (χ4v) is 5.79. The zero-order valence-corrected chi connectivity index (χ0v) is 25.8. The van der Waals surface area contributed by atoms with Crippen LogP contribution >= 0.6 is 12.4 Å². The van der Waals surface area contributed by atoms with Gasteiger partial charge < -0.3 is 19.5 Å². The van der Waals surface area contributed by atoms with Crippen LogP contribution in [0.2, 0.25) is 0 Å². The van der Waals surface area contributed by atoms with Crippen molar-refractivity contribution >= 4 is 24.0 Å². The number of ketones is 1. The highest BCUT2D eigenvalue weighted by Gasteiger charge is 2.40. The summed E-state index contributed by atoms with van der Waals surface area (Å²) in [7, 11) is 1.94. The Hall–Kier alpha value is -3.90. The molecule has 234 valence electrons. The van der Waals surface area contributed by atoms with E-state index in [1.807, 2.05) is 37.6 Å². The monoisotopic (exact) mass is 629 g/mol. The second kappa shape index (κ2) is 12.2. The van der Waals surface area contributed by atoms with Gasteiger partial charge in [0.15, 0.2) is 11.5 Å². The van der Waals surface area contributed by atoms with Gasteiger partial charge in [-0.2, -0.15) is 18.3 Å². The average Bonchev–Trinajstić information content (AvgIpc) is 3.55. The molecule has 3 aromatic heterocycles. The summed E-state index contributed by atoms with van der Waals surface area (Å²) in [5.41, 5.74) is 1.85. The van der Waals surface area contributed by atoms with Crippen molar-refractivity contribution in [1.29, 1.82) is 0 Å². The number of likely N-dealkylation sites (N-methyl/N-ethyl adjacent to an activating group) is 1. The molecule has 44 heavy (non-hydrogen) atoms. The molecule has 9 nitrogen and oxygen atoms in total. The van der Waals surface area contributed by atoms with Gasteiger partial charge in [0.1, 0.15) is 17.4 Å². The number of pyridine rings is 1. The van der Waals surface area contributed by atoms with Gasteiger partial charge in [0.05, 0.1) is 18.1 Å². The van der Waals surface area contributed by atoms with Crippen LogP contribution in [0.15, 0.2) is 42.9 Å². The van der Waals surface area contributed by atoms with Crippen LogP contribution in [-0.2, 0) is 25.7 Å². The number of hydrogen-bond acceptors (Lipinski definition) is 7. The van der Waals surface area contributed by atoms with E-state index in [1.165, 1.54) is 10.9 Å². The Morgan fingerprint density at radius 1 is 1.09 bits per heavy atom. The molecule has 5 heterocycles. The van der Waals surface area contributed by atoms with Crippen molar-refractivity contribution in [2.45, 2.75) is 52.5 Å². The van der Waals surface area contributed by atoms with Crippen LogP contribution in [0.4, 0.5) is 19.0 Å². The van der Waals surface area contributed by atoms with Crippen molar-refractivity contribution in [3.8, 4) is 16.9 Å². The Bertz CT molecular complexity index is 1680. The molecular weight excluding hydrogens is 595 g/mol. The largest absolute Gasteiger partial charge is 0.491 e. The summed E-state index contributed by atoms with van der Waals surface area (Å²) in [6, 6.07) is 7.83. The number of aryl methyl sites for hydroxylation is 3. The highest BCUT2D eigenvalue weighted by Crippen LogP contribution is 2.44. The van der Waals surface area contributed by atoms with Crippen molar-refractivity contribution in [3.05, 3.63) is 76.8 Å². The number of fused-ring (bicyclic) bond motifs is 1. The van der Waals surface area contributed by atoms with Gasteiger partial charge in [-0.25, -0.2) is 9.97 Å². The molecule has 1 atom stereocenters. The Kier molecular flexibility index (Phi) is 8.77. The minimum atomic E-state index is -4.68. The second-order valence-corrected chi connectivity index (χ2v) is 11.3. The third kappa shape index (κ3) is 6.05. The summed E-state index contributed by atoms with van der Waals surface area (Å²) in [5, 5.41) is 7.07. The van der Waals surface area contributed by atoms with Crippen molar-refractivity contribution in [1.82, 2.24) is 29.6 Å². The topological polar surface area (TPSA) is 90.1 Å². The van der Waals surface area contributed by atoms with E-state index in [4.69, 9.17) is 9.72 Å². The lowest BCUT2D eigenvalue weighted by Gasteiger charge is -2.40. The molecule has 1 unspecified atom stereocenters.